The fourth-order valence-electron chi connectivity index (χ4n) is 1.98. The van der Waals surface area contributed by atoms with Crippen LogP contribution in [-0.4, -0.2) is 39.4 Å². The van der Waals surface area contributed by atoms with Crippen molar-refractivity contribution in [2.75, 3.05) is 18.8 Å². The molecular weight excluding hydrogens is 278 g/mol. The van der Waals surface area contributed by atoms with Gasteiger partial charge in [0.05, 0.1) is 6.04 Å². The van der Waals surface area contributed by atoms with E-state index in [0.717, 1.165) is 30.3 Å². The Labute approximate surface area is 122 Å². The molecule has 106 valence electrons. The molecule has 1 aliphatic rings. The molecule has 1 fully saturated rings. The van der Waals surface area contributed by atoms with Crippen molar-refractivity contribution < 1.29 is 4.79 Å². The van der Waals surface area contributed by atoms with Crippen LogP contribution in [0.15, 0.2) is 5.38 Å². The van der Waals surface area contributed by atoms with Crippen LogP contribution in [0, 0.1) is 0 Å². The average molecular weight is 299 g/mol. The fraction of sp³-hybridized carbons (Fsp3) is 0.692. The minimum atomic E-state index is -0.106. The van der Waals surface area contributed by atoms with Crippen LogP contribution in [0.3, 0.4) is 0 Å². The van der Waals surface area contributed by atoms with E-state index in [-0.39, 0.29) is 16.7 Å². The van der Waals surface area contributed by atoms with Crippen molar-refractivity contribution in [2.45, 2.75) is 38.0 Å². The molecule has 1 saturated heterocycles. The number of hydrogen-bond acceptors (Lipinski definition) is 5. The van der Waals surface area contributed by atoms with Crippen molar-refractivity contribution >= 4 is 29.0 Å². The number of nitrogens with zero attached hydrogens (tertiary/aromatic N) is 2. The largest absolute Gasteiger partial charge is 0.336 e. The Bertz CT molecular complexity index is 456. The molecule has 0 radical (unpaired) electrons. The second-order valence-corrected chi connectivity index (χ2v) is 8.20. The highest BCUT2D eigenvalue weighted by Gasteiger charge is 2.27. The Hall–Kier alpha value is -0.590. The topological polar surface area (TPSA) is 59.2 Å². The number of hydrogen-bond donors (Lipinski definition) is 1. The first-order valence-corrected chi connectivity index (χ1v) is 8.40. The van der Waals surface area contributed by atoms with Crippen LogP contribution >= 0.6 is 23.1 Å². The van der Waals surface area contributed by atoms with Crippen molar-refractivity contribution in [1.82, 2.24) is 9.88 Å². The number of amides is 1. The molecule has 0 aliphatic carbocycles. The fourth-order valence-corrected chi connectivity index (χ4v) is 3.83. The van der Waals surface area contributed by atoms with Gasteiger partial charge in [-0.2, -0.15) is 11.8 Å². The molecule has 2 heterocycles. The number of aromatic nitrogens is 1. The van der Waals surface area contributed by atoms with Gasteiger partial charge in [0.2, 0.25) is 0 Å². The minimum Gasteiger partial charge on any atom is -0.336 e. The van der Waals surface area contributed by atoms with Crippen LogP contribution in [-0.2, 0) is 0 Å². The number of carbonyl (C=O) groups is 1. The van der Waals surface area contributed by atoms with Gasteiger partial charge in [-0.15, -0.1) is 11.3 Å². The normalized spacial score (nSPS) is 20.9. The maximum Gasteiger partial charge on any atom is 0.273 e. The van der Waals surface area contributed by atoms with Gasteiger partial charge in [0.25, 0.3) is 5.91 Å². The molecule has 0 aromatic carbocycles. The van der Waals surface area contributed by atoms with Gasteiger partial charge in [0.15, 0.2) is 0 Å². The summed E-state index contributed by atoms with van der Waals surface area (Å²) >= 11 is 3.40. The van der Waals surface area contributed by atoms with E-state index in [2.05, 4.69) is 18.8 Å². The van der Waals surface area contributed by atoms with Crippen LogP contribution < -0.4 is 5.73 Å². The van der Waals surface area contributed by atoms with E-state index >= 15 is 0 Å². The molecule has 0 bridgehead atoms. The summed E-state index contributed by atoms with van der Waals surface area (Å²) in [5.74, 6) is 1.03. The van der Waals surface area contributed by atoms with Crippen LogP contribution in [0.4, 0.5) is 0 Å². The number of carbonyl (C=O) groups excluding carboxylic acids is 1. The van der Waals surface area contributed by atoms with E-state index in [4.69, 9.17) is 5.73 Å². The van der Waals surface area contributed by atoms with Gasteiger partial charge in [-0.05, 0) is 13.3 Å². The van der Waals surface area contributed by atoms with Crippen molar-refractivity contribution in [3.8, 4) is 0 Å². The Kier molecular flexibility index (Phi) is 4.53. The molecule has 6 heteroatoms. The van der Waals surface area contributed by atoms with Crippen LogP contribution in [0.5, 0.6) is 0 Å². The second-order valence-electron chi connectivity index (χ2n) is 5.51. The molecular formula is C13H21N3OS2. The van der Waals surface area contributed by atoms with Gasteiger partial charge in [0.1, 0.15) is 10.7 Å². The lowest BCUT2D eigenvalue weighted by Crippen LogP contribution is -2.33. The highest BCUT2D eigenvalue weighted by Crippen LogP contribution is 2.31. The first-order chi connectivity index (χ1) is 8.89. The molecule has 1 amide bonds. The molecule has 4 nitrogen and oxygen atoms in total. The summed E-state index contributed by atoms with van der Waals surface area (Å²) in [6.45, 7) is 7.98. The zero-order chi connectivity index (χ0) is 14.0. The minimum absolute atomic E-state index is 0.0430. The van der Waals surface area contributed by atoms with Gasteiger partial charge in [0, 0.05) is 29.0 Å². The third-order valence-electron chi connectivity index (χ3n) is 3.26. The number of thioether (sulfide) groups is 1. The maximum atomic E-state index is 12.4. The summed E-state index contributed by atoms with van der Waals surface area (Å²) in [6, 6.07) is -0.106. The summed E-state index contributed by atoms with van der Waals surface area (Å²) in [7, 11) is 0. The lowest BCUT2D eigenvalue weighted by atomic mass is 10.1. The molecule has 1 aromatic heterocycles. The highest BCUT2D eigenvalue weighted by molar-refractivity contribution is 8.00. The average Bonchev–Trinajstić information content (AvgIpc) is 2.75. The second kappa shape index (κ2) is 5.81. The van der Waals surface area contributed by atoms with E-state index in [1.54, 1.807) is 0 Å². The predicted octanol–water partition coefficient (Wildman–Crippen LogP) is 2.52. The van der Waals surface area contributed by atoms with E-state index in [0.29, 0.717) is 5.69 Å². The highest BCUT2D eigenvalue weighted by atomic mass is 32.2. The van der Waals surface area contributed by atoms with Gasteiger partial charge in [-0.1, -0.05) is 13.8 Å². The summed E-state index contributed by atoms with van der Waals surface area (Å²) in [5.41, 5.74) is 6.33. The Morgan fingerprint density at radius 3 is 2.89 bits per heavy atom. The zero-order valence-electron chi connectivity index (χ0n) is 11.7. The van der Waals surface area contributed by atoms with E-state index in [9.17, 15) is 4.79 Å². The molecule has 0 spiro atoms. The third kappa shape index (κ3) is 3.70. The molecule has 0 saturated carbocycles. The Morgan fingerprint density at radius 1 is 1.53 bits per heavy atom. The lowest BCUT2D eigenvalue weighted by Gasteiger charge is -2.22. The molecule has 19 heavy (non-hydrogen) atoms. The quantitative estimate of drug-likeness (QED) is 0.911. The summed E-state index contributed by atoms with van der Waals surface area (Å²) in [5, 5.41) is 2.65. The third-order valence-corrected chi connectivity index (χ3v) is 5.67. The van der Waals surface area contributed by atoms with Gasteiger partial charge in [-0.25, -0.2) is 4.98 Å². The Balaban J connectivity index is 2.06. The van der Waals surface area contributed by atoms with Gasteiger partial charge in [-0.3, -0.25) is 4.79 Å². The van der Waals surface area contributed by atoms with Crippen molar-refractivity contribution in [3.63, 3.8) is 0 Å². The van der Waals surface area contributed by atoms with Crippen LogP contribution in [0.25, 0.3) is 0 Å². The standard InChI is InChI=1S/C13H21N3OS2/c1-9(14)11-15-10(8-18-11)12(17)16-5-4-13(2,3)19-7-6-16/h8-9H,4-7,14H2,1-3H3. The number of thiazole rings is 1. The smallest absolute Gasteiger partial charge is 0.273 e. The van der Waals surface area contributed by atoms with Crippen LogP contribution in [0.2, 0.25) is 0 Å². The van der Waals surface area contributed by atoms with Gasteiger partial charge < -0.3 is 10.6 Å². The van der Waals surface area contributed by atoms with Crippen molar-refractivity contribution in [1.29, 1.82) is 0 Å². The lowest BCUT2D eigenvalue weighted by molar-refractivity contribution is 0.0759. The maximum absolute atomic E-state index is 12.4. The number of nitrogens with two attached hydrogens (primary N) is 1. The molecule has 2 rings (SSSR count). The van der Waals surface area contributed by atoms with E-state index < -0.39 is 0 Å². The molecule has 2 N–H and O–H groups in total. The molecule has 1 unspecified atom stereocenters. The zero-order valence-corrected chi connectivity index (χ0v) is 13.3. The Morgan fingerprint density at radius 2 is 2.26 bits per heavy atom. The summed E-state index contributed by atoms with van der Waals surface area (Å²) in [4.78, 5) is 18.7. The predicted molar refractivity (Wildman–Crippen MR) is 81.8 cm³/mol. The summed E-state index contributed by atoms with van der Waals surface area (Å²) < 4.78 is 0.258. The van der Waals surface area contributed by atoms with Gasteiger partial charge >= 0.3 is 0 Å². The molecule has 1 atom stereocenters. The van der Waals surface area contributed by atoms with E-state index in [1.165, 1.54) is 11.3 Å². The SMILES string of the molecule is CC(N)c1nc(C(=O)N2CCSC(C)(C)CC2)cs1. The molecule has 1 aromatic rings. The van der Waals surface area contributed by atoms with E-state index in [1.807, 2.05) is 29.0 Å². The van der Waals surface area contributed by atoms with Crippen molar-refractivity contribution in [2.24, 2.45) is 5.73 Å². The number of rotatable bonds is 2. The monoisotopic (exact) mass is 299 g/mol. The first-order valence-electron chi connectivity index (χ1n) is 6.53. The van der Waals surface area contributed by atoms with Crippen molar-refractivity contribution in [3.05, 3.63) is 16.1 Å². The summed E-state index contributed by atoms with van der Waals surface area (Å²) in [6.07, 6.45) is 1.02. The molecule has 1 aliphatic heterocycles. The first kappa shape index (κ1) is 14.8. The van der Waals surface area contributed by atoms with Crippen LogP contribution in [0.1, 0.15) is 48.7 Å².